The van der Waals surface area contributed by atoms with Gasteiger partial charge in [-0.3, -0.25) is 19.0 Å². The molecule has 2 aromatic heterocycles. The third kappa shape index (κ3) is 3.29. The number of aromatic nitrogens is 2. The van der Waals surface area contributed by atoms with Crippen LogP contribution in [0.4, 0.5) is 5.69 Å². The number of ketones is 1. The first-order valence-electron chi connectivity index (χ1n) is 10.1. The molecular weight excluding hydrogens is 426 g/mol. The number of carbonyl (C=O) groups is 2. The molecule has 7 nitrogen and oxygen atoms in total. The predicted molar refractivity (Wildman–Crippen MR) is 124 cm³/mol. The van der Waals surface area contributed by atoms with Crippen molar-refractivity contribution in [3.05, 3.63) is 76.8 Å². The minimum atomic E-state index is -0.761. The van der Waals surface area contributed by atoms with Gasteiger partial charge < -0.3 is 9.64 Å². The van der Waals surface area contributed by atoms with E-state index in [0.717, 1.165) is 10.4 Å². The summed E-state index contributed by atoms with van der Waals surface area (Å²) < 4.78 is 6.78. The molecule has 0 N–H and O–H groups in total. The maximum absolute atomic E-state index is 13.2. The number of likely N-dealkylation sites (N-methyl/N-ethyl adjacent to an activating group) is 1. The first-order valence-corrected chi connectivity index (χ1v) is 10.9. The number of benzene rings is 2. The average Bonchev–Trinajstić information content (AvgIpc) is 3.27. The van der Waals surface area contributed by atoms with Gasteiger partial charge in [-0.2, -0.15) is 0 Å². The summed E-state index contributed by atoms with van der Waals surface area (Å²) in [7, 11) is 1.64. The van der Waals surface area contributed by atoms with Gasteiger partial charge in [0.25, 0.3) is 11.5 Å². The molecule has 8 heteroatoms. The molecular formula is C24H19N3O4S. The van der Waals surface area contributed by atoms with Crippen molar-refractivity contribution in [1.82, 2.24) is 9.55 Å². The Bertz CT molecular complexity index is 1420. The van der Waals surface area contributed by atoms with Gasteiger partial charge in [-0.1, -0.05) is 30.3 Å². The summed E-state index contributed by atoms with van der Waals surface area (Å²) in [5, 5.41) is 0.486. The summed E-state index contributed by atoms with van der Waals surface area (Å²) in [6.07, 6.45) is 1.43. The number of Topliss-reactive ketones (excluding diaryl/α,β-unsaturated/α-hetero) is 1. The lowest BCUT2D eigenvalue weighted by Crippen LogP contribution is -2.35. The van der Waals surface area contributed by atoms with Gasteiger partial charge in [0.15, 0.2) is 12.4 Å². The van der Waals surface area contributed by atoms with Crippen molar-refractivity contribution in [2.24, 2.45) is 0 Å². The number of amides is 1. The molecule has 0 radical (unpaired) electrons. The molecule has 1 aliphatic rings. The summed E-state index contributed by atoms with van der Waals surface area (Å²) >= 11 is 1.44. The number of thiophene rings is 1. The molecule has 0 aliphatic carbocycles. The first-order chi connectivity index (χ1) is 15.4. The molecule has 4 aromatic rings. The second kappa shape index (κ2) is 7.72. The number of hydrogen-bond donors (Lipinski definition) is 0. The lowest BCUT2D eigenvalue weighted by atomic mass is 10.0. The second-order valence-corrected chi connectivity index (χ2v) is 8.65. The van der Waals surface area contributed by atoms with E-state index in [9.17, 15) is 14.4 Å². The Labute approximate surface area is 187 Å². The number of carbonyl (C=O) groups excluding carboxylic acids is 2. The van der Waals surface area contributed by atoms with E-state index in [1.807, 2.05) is 36.4 Å². The Morgan fingerprint density at radius 3 is 2.69 bits per heavy atom. The van der Waals surface area contributed by atoms with Crippen LogP contribution < -0.4 is 15.2 Å². The minimum Gasteiger partial charge on any atom is -0.482 e. The molecule has 0 saturated heterocycles. The average molecular weight is 446 g/mol. The van der Waals surface area contributed by atoms with Crippen molar-refractivity contribution in [3.8, 4) is 16.2 Å². The van der Waals surface area contributed by atoms with Gasteiger partial charge in [-0.05, 0) is 36.8 Å². The van der Waals surface area contributed by atoms with Gasteiger partial charge in [-0.25, -0.2) is 4.98 Å². The van der Waals surface area contributed by atoms with Crippen LogP contribution in [-0.4, -0.2) is 34.9 Å². The second-order valence-electron chi connectivity index (χ2n) is 7.62. The third-order valence-corrected chi connectivity index (χ3v) is 6.75. The summed E-state index contributed by atoms with van der Waals surface area (Å²) in [6.45, 7) is 1.65. The lowest BCUT2D eigenvalue weighted by molar-refractivity contribution is -0.120. The van der Waals surface area contributed by atoms with Crippen LogP contribution in [0, 0.1) is 0 Å². The summed E-state index contributed by atoms with van der Waals surface area (Å²) in [5.74, 6) is 0.108. The molecule has 32 heavy (non-hydrogen) atoms. The van der Waals surface area contributed by atoms with Crippen molar-refractivity contribution in [2.75, 3.05) is 18.6 Å². The standard InChI is InChI=1S/C24H19N3O4S/c1-14(22(29)16-8-9-19-18(10-16)26(2)21(28)12-31-19)27-13-25-23-17(24(27)30)11-20(32-23)15-6-4-3-5-7-15/h3-11,13-14H,12H2,1-2H3. The predicted octanol–water partition coefficient (Wildman–Crippen LogP) is 3.92. The number of rotatable bonds is 4. The Hall–Kier alpha value is -3.78. The molecule has 0 saturated carbocycles. The minimum absolute atomic E-state index is 0.0279. The maximum atomic E-state index is 13.2. The highest BCUT2D eigenvalue weighted by molar-refractivity contribution is 7.21. The fourth-order valence-electron chi connectivity index (χ4n) is 3.75. The van der Waals surface area contributed by atoms with Crippen LogP contribution in [0.15, 0.2) is 65.7 Å². The normalized spacial score (nSPS) is 14.2. The summed E-state index contributed by atoms with van der Waals surface area (Å²) in [6, 6.07) is 15.8. The molecule has 1 amide bonds. The Balaban J connectivity index is 1.50. The molecule has 3 heterocycles. The SMILES string of the molecule is CC(C(=O)c1ccc2c(c1)N(C)C(=O)CO2)n1cnc2sc(-c3ccccc3)cc2c1=O. The third-order valence-electron chi connectivity index (χ3n) is 5.66. The zero-order chi connectivity index (χ0) is 22.4. The zero-order valence-electron chi connectivity index (χ0n) is 17.4. The number of fused-ring (bicyclic) bond motifs is 2. The Kier molecular flexibility index (Phi) is 4.86. The molecule has 2 aromatic carbocycles. The van der Waals surface area contributed by atoms with E-state index in [1.54, 1.807) is 32.2 Å². The van der Waals surface area contributed by atoms with Crippen LogP contribution in [0.5, 0.6) is 5.75 Å². The fraction of sp³-hybridized carbons (Fsp3) is 0.167. The van der Waals surface area contributed by atoms with Crippen LogP contribution >= 0.6 is 11.3 Å². The van der Waals surface area contributed by atoms with Crippen LogP contribution in [0.2, 0.25) is 0 Å². The maximum Gasteiger partial charge on any atom is 0.264 e. The van der Waals surface area contributed by atoms with E-state index in [4.69, 9.17) is 4.74 Å². The van der Waals surface area contributed by atoms with Crippen LogP contribution in [-0.2, 0) is 4.79 Å². The molecule has 160 valence electrons. The molecule has 1 atom stereocenters. The van der Waals surface area contributed by atoms with E-state index in [2.05, 4.69) is 4.98 Å². The van der Waals surface area contributed by atoms with Crippen LogP contribution in [0.1, 0.15) is 23.3 Å². The fourth-order valence-corrected chi connectivity index (χ4v) is 4.75. The lowest BCUT2D eigenvalue weighted by Gasteiger charge is -2.26. The topological polar surface area (TPSA) is 81.5 Å². The van der Waals surface area contributed by atoms with Gasteiger partial charge >= 0.3 is 0 Å². The smallest absolute Gasteiger partial charge is 0.264 e. The van der Waals surface area contributed by atoms with E-state index in [-0.39, 0.29) is 23.9 Å². The molecule has 0 spiro atoms. The van der Waals surface area contributed by atoms with Crippen molar-refractivity contribution < 1.29 is 14.3 Å². The highest BCUT2D eigenvalue weighted by atomic mass is 32.1. The van der Waals surface area contributed by atoms with E-state index in [1.165, 1.54) is 27.1 Å². The monoisotopic (exact) mass is 445 g/mol. The summed E-state index contributed by atoms with van der Waals surface area (Å²) in [5.41, 5.74) is 1.68. The van der Waals surface area contributed by atoms with Crippen LogP contribution in [0.25, 0.3) is 20.7 Å². The number of anilines is 1. The summed E-state index contributed by atoms with van der Waals surface area (Å²) in [4.78, 5) is 45.8. The zero-order valence-corrected chi connectivity index (χ0v) is 18.3. The molecule has 5 rings (SSSR count). The highest BCUT2D eigenvalue weighted by Gasteiger charge is 2.26. The molecule has 1 aliphatic heterocycles. The van der Waals surface area contributed by atoms with Gasteiger partial charge in [0, 0.05) is 17.5 Å². The van der Waals surface area contributed by atoms with Crippen molar-refractivity contribution in [1.29, 1.82) is 0 Å². The molecule has 1 unspecified atom stereocenters. The van der Waals surface area contributed by atoms with Crippen molar-refractivity contribution in [2.45, 2.75) is 13.0 Å². The largest absolute Gasteiger partial charge is 0.482 e. The quantitative estimate of drug-likeness (QED) is 0.445. The molecule has 0 bridgehead atoms. The Morgan fingerprint density at radius 1 is 1.12 bits per heavy atom. The van der Waals surface area contributed by atoms with E-state index in [0.29, 0.717) is 27.2 Å². The van der Waals surface area contributed by atoms with E-state index < -0.39 is 6.04 Å². The van der Waals surface area contributed by atoms with Gasteiger partial charge in [0.2, 0.25) is 0 Å². The first kappa shape index (κ1) is 20.1. The van der Waals surface area contributed by atoms with Gasteiger partial charge in [0.05, 0.1) is 23.4 Å². The molecule has 0 fully saturated rings. The number of nitrogens with zero attached hydrogens (tertiary/aromatic N) is 3. The van der Waals surface area contributed by atoms with E-state index >= 15 is 0 Å². The number of hydrogen-bond acceptors (Lipinski definition) is 6. The van der Waals surface area contributed by atoms with Crippen molar-refractivity contribution >= 4 is 38.9 Å². The Morgan fingerprint density at radius 2 is 1.91 bits per heavy atom. The van der Waals surface area contributed by atoms with Crippen LogP contribution in [0.3, 0.4) is 0 Å². The highest BCUT2D eigenvalue weighted by Crippen LogP contribution is 2.33. The van der Waals surface area contributed by atoms with Gasteiger partial charge in [0.1, 0.15) is 10.6 Å². The van der Waals surface area contributed by atoms with Crippen molar-refractivity contribution in [3.63, 3.8) is 0 Å². The number of ether oxygens (including phenoxy) is 1. The van der Waals surface area contributed by atoms with Gasteiger partial charge in [-0.15, -0.1) is 11.3 Å².